The fourth-order valence-electron chi connectivity index (χ4n) is 2.82. The van der Waals surface area contributed by atoms with Gasteiger partial charge in [-0.1, -0.05) is 37.3 Å². The van der Waals surface area contributed by atoms with Gasteiger partial charge in [0.1, 0.15) is 5.60 Å². The Morgan fingerprint density at radius 2 is 1.95 bits per heavy atom. The quantitative estimate of drug-likeness (QED) is 0.819. The Labute approximate surface area is 128 Å². The highest BCUT2D eigenvalue weighted by Gasteiger charge is 2.31. The third-order valence-electron chi connectivity index (χ3n) is 4.11. The van der Waals surface area contributed by atoms with Crippen molar-refractivity contribution in [2.24, 2.45) is 11.8 Å². The lowest BCUT2D eigenvalue weighted by Gasteiger charge is -2.37. The van der Waals surface area contributed by atoms with Crippen LogP contribution in [0.1, 0.15) is 39.7 Å². The van der Waals surface area contributed by atoms with Gasteiger partial charge in [0.05, 0.1) is 0 Å². The molecule has 1 fully saturated rings. The second-order valence-electron chi connectivity index (χ2n) is 7.14. The van der Waals surface area contributed by atoms with Crippen LogP contribution in [-0.2, 0) is 11.2 Å². The molecule has 0 aliphatic carbocycles. The maximum absolute atomic E-state index is 12.2. The fourth-order valence-corrected chi connectivity index (χ4v) is 2.82. The van der Waals surface area contributed by atoms with Gasteiger partial charge in [-0.25, -0.2) is 4.79 Å². The van der Waals surface area contributed by atoms with Crippen LogP contribution in [0.2, 0.25) is 0 Å². The summed E-state index contributed by atoms with van der Waals surface area (Å²) in [6.45, 7) is 9.64. The maximum Gasteiger partial charge on any atom is 0.410 e. The normalized spacial score (nSPS) is 23.0. The molecule has 0 bridgehead atoms. The van der Waals surface area contributed by atoms with Gasteiger partial charge in [0.25, 0.3) is 0 Å². The molecule has 0 aromatic heterocycles. The smallest absolute Gasteiger partial charge is 0.410 e. The number of hydrogen-bond donors (Lipinski definition) is 0. The van der Waals surface area contributed by atoms with E-state index in [0.717, 1.165) is 25.9 Å². The molecule has 1 aromatic carbocycles. The molecule has 3 heteroatoms. The number of carbonyl (C=O) groups excluding carboxylic acids is 1. The molecule has 0 spiro atoms. The second-order valence-corrected chi connectivity index (χ2v) is 7.14. The number of ether oxygens (including phenoxy) is 1. The van der Waals surface area contributed by atoms with Crippen molar-refractivity contribution in [2.75, 3.05) is 13.1 Å². The third-order valence-corrected chi connectivity index (χ3v) is 4.11. The summed E-state index contributed by atoms with van der Waals surface area (Å²) in [5, 5.41) is 0. The standard InChI is InChI=1S/C18H27NO2/c1-14-10-11-19(17(20)21-18(2,3)4)13-16(14)12-15-8-6-5-7-9-15/h5-9,14,16H,10-13H2,1-4H3/t14-,16-/m0/s1. The van der Waals surface area contributed by atoms with Gasteiger partial charge >= 0.3 is 6.09 Å². The number of carbonyl (C=O) groups is 1. The summed E-state index contributed by atoms with van der Waals surface area (Å²) in [7, 11) is 0. The molecule has 116 valence electrons. The van der Waals surface area contributed by atoms with Crippen LogP contribution in [0.15, 0.2) is 30.3 Å². The van der Waals surface area contributed by atoms with Gasteiger partial charge in [0.15, 0.2) is 0 Å². The van der Waals surface area contributed by atoms with E-state index in [-0.39, 0.29) is 6.09 Å². The molecule has 0 saturated carbocycles. The van der Waals surface area contributed by atoms with Crippen molar-refractivity contribution in [3.05, 3.63) is 35.9 Å². The van der Waals surface area contributed by atoms with E-state index in [1.165, 1.54) is 5.56 Å². The Morgan fingerprint density at radius 3 is 2.57 bits per heavy atom. The molecule has 1 aromatic rings. The number of rotatable bonds is 2. The van der Waals surface area contributed by atoms with Gasteiger partial charge in [-0.3, -0.25) is 0 Å². The van der Waals surface area contributed by atoms with Crippen LogP contribution in [0.4, 0.5) is 4.79 Å². The van der Waals surface area contributed by atoms with E-state index in [1.54, 1.807) is 0 Å². The van der Waals surface area contributed by atoms with Crippen molar-refractivity contribution in [1.29, 1.82) is 0 Å². The molecule has 3 nitrogen and oxygen atoms in total. The zero-order valence-corrected chi connectivity index (χ0v) is 13.6. The lowest BCUT2D eigenvalue weighted by molar-refractivity contribution is 0.0114. The van der Waals surface area contributed by atoms with Crippen LogP contribution in [0.5, 0.6) is 0 Å². The highest BCUT2D eigenvalue weighted by Crippen LogP contribution is 2.27. The van der Waals surface area contributed by atoms with Crippen molar-refractivity contribution in [2.45, 2.75) is 46.1 Å². The third kappa shape index (κ3) is 4.76. The lowest BCUT2D eigenvalue weighted by atomic mass is 9.83. The lowest BCUT2D eigenvalue weighted by Crippen LogP contribution is -2.45. The van der Waals surface area contributed by atoms with Crippen LogP contribution >= 0.6 is 0 Å². The molecule has 1 saturated heterocycles. The molecule has 0 unspecified atom stereocenters. The minimum absolute atomic E-state index is 0.174. The molecule has 2 rings (SSSR count). The number of amides is 1. The predicted octanol–water partition coefficient (Wildman–Crippen LogP) is 4.12. The number of hydrogen-bond acceptors (Lipinski definition) is 2. The highest BCUT2D eigenvalue weighted by molar-refractivity contribution is 5.68. The van der Waals surface area contributed by atoms with Crippen molar-refractivity contribution in [3.8, 4) is 0 Å². The van der Waals surface area contributed by atoms with Crippen LogP contribution in [-0.4, -0.2) is 29.7 Å². The summed E-state index contributed by atoms with van der Waals surface area (Å²) in [4.78, 5) is 14.1. The summed E-state index contributed by atoms with van der Waals surface area (Å²) in [6, 6.07) is 10.5. The zero-order valence-electron chi connectivity index (χ0n) is 13.6. The molecule has 1 heterocycles. The molecule has 1 amide bonds. The minimum atomic E-state index is -0.422. The monoisotopic (exact) mass is 289 g/mol. The van der Waals surface area contributed by atoms with E-state index in [2.05, 4.69) is 31.2 Å². The predicted molar refractivity (Wildman–Crippen MR) is 85.2 cm³/mol. The number of benzene rings is 1. The van der Waals surface area contributed by atoms with E-state index in [1.807, 2.05) is 31.7 Å². The first-order chi connectivity index (χ1) is 9.85. The van der Waals surface area contributed by atoms with Crippen LogP contribution in [0.25, 0.3) is 0 Å². The van der Waals surface area contributed by atoms with E-state index in [9.17, 15) is 4.79 Å². The first kappa shape index (κ1) is 15.9. The van der Waals surface area contributed by atoms with Gasteiger partial charge in [-0.05, 0) is 51.0 Å². The topological polar surface area (TPSA) is 29.5 Å². The number of piperidine rings is 1. The minimum Gasteiger partial charge on any atom is -0.444 e. The highest BCUT2D eigenvalue weighted by atomic mass is 16.6. The van der Waals surface area contributed by atoms with Crippen molar-refractivity contribution < 1.29 is 9.53 Å². The first-order valence-electron chi connectivity index (χ1n) is 7.87. The van der Waals surface area contributed by atoms with E-state index in [0.29, 0.717) is 11.8 Å². The molecule has 1 aliphatic rings. The molecule has 1 aliphatic heterocycles. The summed E-state index contributed by atoms with van der Waals surface area (Å²) in [5.41, 5.74) is 0.926. The van der Waals surface area contributed by atoms with Gasteiger partial charge < -0.3 is 9.64 Å². The molecule has 0 N–H and O–H groups in total. The second kappa shape index (κ2) is 6.50. The summed E-state index contributed by atoms with van der Waals surface area (Å²) >= 11 is 0. The molecular weight excluding hydrogens is 262 g/mol. The molecule has 0 radical (unpaired) electrons. The molecule has 21 heavy (non-hydrogen) atoms. The van der Waals surface area contributed by atoms with Crippen LogP contribution in [0, 0.1) is 11.8 Å². The van der Waals surface area contributed by atoms with E-state index < -0.39 is 5.60 Å². The molecular formula is C18H27NO2. The van der Waals surface area contributed by atoms with E-state index >= 15 is 0 Å². The van der Waals surface area contributed by atoms with Crippen molar-refractivity contribution >= 4 is 6.09 Å². The summed E-state index contributed by atoms with van der Waals surface area (Å²) in [5.74, 6) is 1.15. The SMILES string of the molecule is C[C@H]1CCN(C(=O)OC(C)(C)C)C[C@@H]1Cc1ccccc1. The number of likely N-dealkylation sites (tertiary alicyclic amines) is 1. The number of nitrogens with zero attached hydrogens (tertiary/aromatic N) is 1. The Hall–Kier alpha value is -1.51. The average Bonchev–Trinajstić information content (AvgIpc) is 2.40. The zero-order chi connectivity index (χ0) is 15.5. The van der Waals surface area contributed by atoms with Gasteiger partial charge in [-0.2, -0.15) is 0 Å². The van der Waals surface area contributed by atoms with Crippen LogP contribution in [0.3, 0.4) is 0 Å². The first-order valence-corrected chi connectivity index (χ1v) is 7.87. The average molecular weight is 289 g/mol. The van der Waals surface area contributed by atoms with Gasteiger partial charge in [0.2, 0.25) is 0 Å². The Bertz CT molecular complexity index is 464. The van der Waals surface area contributed by atoms with Gasteiger partial charge in [-0.15, -0.1) is 0 Å². The van der Waals surface area contributed by atoms with Crippen molar-refractivity contribution in [1.82, 2.24) is 4.90 Å². The Morgan fingerprint density at radius 1 is 1.29 bits per heavy atom. The Kier molecular flexibility index (Phi) is 4.92. The Balaban J connectivity index is 1.97. The van der Waals surface area contributed by atoms with Crippen molar-refractivity contribution in [3.63, 3.8) is 0 Å². The van der Waals surface area contributed by atoms with E-state index in [4.69, 9.17) is 4.74 Å². The maximum atomic E-state index is 12.2. The largest absolute Gasteiger partial charge is 0.444 e. The van der Waals surface area contributed by atoms with Gasteiger partial charge in [0, 0.05) is 13.1 Å². The summed E-state index contributed by atoms with van der Waals surface area (Å²) < 4.78 is 5.50. The van der Waals surface area contributed by atoms with Crippen LogP contribution < -0.4 is 0 Å². The summed E-state index contributed by atoms with van der Waals surface area (Å²) in [6.07, 6.45) is 1.91. The fraction of sp³-hybridized carbons (Fsp3) is 0.611. The molecule has 2 atom stereocenters.